The Hall–Kier alpha value is -0.0800. The SMILES string of the molecule is COCCCC1CC(C(C)(C)C)CCC1CNC(C)C. The van der Waals surface area contributed by atoms with Gasteiger partial charge in [-0.15, -0.1) is 0 Å². The van der Waals surface area contributed by atoms with E-state index < -0.39 is 0 Å². The maximum absolute atomic E-state index is 5.24. The van der Waals surface area contributed by atoms with Crippen molar-refractivity contribution in [2.24, 2.45) is 23.2 Å². The molecule has 2 nitrogen and oxygen atoms in total. The summed E-state index contributed by atoms with van der Waals surface area (Å²) in [6.07, 6.45) is 6.78. The molecule has 3 atom stereocenters. The maximum Gasteiger partial charge on any atom is 0.0462 e. The second-order valence-electron chi connectivity index (χ2n) is 8.09. The zero-order valence-electron chi connectivity index (χ0n) is 14.7. The van der Waals surface area contributed by atoms with Gasteiger partial charge < -0.3 is 10.1 Å². The molecule has 3 unspecified atom stereocenters. The molecule has 0 saturated heterocycles. The smallest absolute Gasteiger partial charge is 0.0462 e. The van der Waals surface area contributed by atoms with Crippen LogP contribution in [0.2, 0.25) is 0 Å². The first-order valence-corrected chi connectivity index (χ1v) is 8.57. The van der Waals surface area contributed by atoms with Gasteiger partial charge in [0.15, 0.2) is 0 Å². The zero-order chi connectivity index (χ0) is 15.2. The van der Waals surface area contributed by atoms with Gasteiger partial charge in [-0.1, -0.05) is 34.6 Å². The first kappa shape index (κ1) is 18.0. The Morgan fingerprint density at radius 3 is 2.40 bits per heavy atom. The average molecular weight is 284 g/mol. The Labute approximate surface area is 127 Å². The number of nitrogens with one attached hydrogen (secondary N) is 1. The molecule has 0 aromatic heterocycles. The van der Waals surface area contributed by atoms with E-state index in [1.54, 1.807) is 0 Å². The summed E-state index contributed by atoms with van der Waals surface area (Å²) in [4.78, 5) is 0. The Bertz CT molecular complexity index is 257. The van der Waals surface area contributed by atoms with E-state index in [1.165, 1.54) is 38.6 Å². The van der Waals surface area contributed by atoms with Crippen molar-refractivity contribution < 1.29 is 4.74 Å². The molecule has 0 aliphatic heterocycles. The number of rotatable bonds is 7. The number of hydrogen-bond acceptors (Lipinski definition) is 2. The fraction of sp³-hybridized carbons (Fsp3) is 1.00. The van der Waals surface area contributed by atoms with Crippen LogP contribution in [0.15, 0.2) is 0 Å². The monoisotopic (exact) mass is 283 g/mol. The average Bonchev–Trinajstić information content (AvgIpc) is 2.36. The van der Waals surface area contributed by atoms with Crippen LogP contribution in [0.25, 0.3) is 0 Å². The summed E-state index contributed by atoms with van der Waals surface area (Å²) in [5, 5.41) is 3.66. The van der Waals surface area contributed by atoms with Gasteiger partial charge in [-0.3, -0.25) is 0 Å². The molecule has 2 heteroatoms. The van der Waals surface area contributed by atoms with Crippen LogP contribution < -0.4 is 5.32 Å². The zero-order valence-corrected chi connectivity index (χ0v) is 14.7. The Morgan fingerprint density at radius 2 is 1.85 bits per heavy atom. The standard InChI is InChI=1S/C18H37NO/c1-14(2)19-13-16-9-10-17(18(3,4)5)12-15(16)8-7-11-20-6/h14-17,19H,7-13H2,1-6H3. The summed E-state index contributed by atoms with van der Waals surface area (Å²) in [6.45, 7) is 13.9. The number of hydrogen-bond donors (Lipinski definition) is 1. The molecule has 120 valence electrons. The molecular formula is C18H37NO. The highest BCUT2D eigenvalue weighted by atomic mass is 16.5. The van der Waals surface area contributed by atoms with Crippen molar-refractivity contribution in [1.82, 2.24) is 5.32 Å². The van der Waals surface area contributed by atoms with E-state index in [0.29, 0.717) is 11.5 Å². The summed E-state index contributed by atoms with van der Waals surface area (Å²) in [6, 6.07) is 0.606. The molecule has 20 heavy (non-hydrogen) atoms. The molecule has 1 saturated carbocycles. The molecule has 0 amide bonds. The first-order chi connectivity index (χ1) is 9.34. The van der Waals surface area contributed by atoms with Crippen LogP contribution in [0, 0.1) is 23.2 Å². The van der Waals surface area contributed by atoms with E-state index in [0.717, 1.165) is 24.4 Å². The van der Waals surface area contributed by atoms with Gasteiger partial charge >= 0.3 is 0 Å². The molecule has 1 aliphatic rings. The summed E-state index contributed by atoms with van der Waals surface area (Å²) < 4.78 is 5.24. The van der Waals surface area contributed by atoms with Crippen LogP contribution in [-0.2, 0) is 4.74 Å². The minimum Gasteiger partial charge on any atom is -0.385 e. The minimum atomic E-state index is 0.468. The van der Waals surface area contributed by atoms with E-state index in [9.17, 15) is 0 Å². The predicted octanol–water partition coefficient (Wildman–Crippen LogP) is 4.49. The number of methoxy groups -OCH3 is 1. The third-order valence-electron chi connectivity index (χ3n) is 5.08. The molecule has 1 fully saturated rings. The van der Waals surface area contributed by atoms with Crippen LogP contribution in [0.4, 0.5) is 0 Å². The second kappa shape index (κ2) is 8.38. The lowest BCUT2D eigenvalue weighted by atomic mass is 9.64. The van der Waals surface area contributed by atoms with E-state index in [2.05, 4.69) is 39.9 Å². The van der Waals surface area contributed by atoms with E-state index in [1.807, 2.05) is 7.11 Å². The van der Waals surface area contributed by atoms with Gasteiger partial charge in [0.2, 0.25) is 0 Å². The maximum atomic E-state index is 5.24. The van der Waals surface area contributed by atoms with Gasteiger partial charge in [0.1, 0.15) is 0 Å². The molecule has 0 radical (unpaired) electrons. The molecule has 1 rings (SSSR count). The van der Waals surface area contributed by atoms with Crippen LogP contribution in [0.1, 0.15) is 66.7 Å². The Balaban J connectivity index is 2.55. The first-order valence-electron chi connectivity index (χ1n) is 8.57. The Morgan fingerprint density at radius 1 is 1.15 bits per heavy atom. The highest BCUT2D eigenvalue weighted by Gasteiger charge is 2.35. The van der Waals surface area contributed by atoms with Crippen molar-refractivity contribution in [3.8, 4) is 0 Å². The van der Waals surface area contributed by atoms with Crippen LogP contribution >= 0.6 is 0 Å². The molecule has 1 N–H and O–H groups in total. The van der Waals surface area contributed by atoms with Gasteiger partial charge in [0.25, 0.3) is 0 Å². The van der Waals surface area contributed by atoms with Gasteiger partial charge in [0.05, 0.1) is 0 Å². The normalized spacial score (nSPS) is 28.1. The van der Waals surface area contributed by atoms with Gasteiger partial charge in [-0.25, -0.2) is 0 Å². The van der Waals surface area contributed by atoms with E-state index in [4.69, 9.17) is 4.74 Å². The third-order valence-corrected chi connectivity index (χ3v) is 5.08. The van der Waals surface area contributed by atoms with Crippen molar-refractivity contribution in [1.29, 1.82) is 0 Å². The second-order valence-corrected chi connectivity index (χ2v) is 8.09. The lowest BCUT2D eigenvalue weighted by Gasteiger charge is -2.42. The molecule has 0 aromatic carbocycles. The highest BCUT2D eigenvalue weighted by Crippen LogP contribution is 2.44. The predicted molar refractivity (Wildman–Crippen MR) is 88.0 cm³/mol. The van der Waals surface area contributed by atoms with Crippen molar-refractivity contribution in [2.75, 3.05) is 20.3 Å². The van der Waals surface area contributed by atoms with Crippen LogP contribution in [0.3, 0.4) is 0 Å². The summed E-state index contributed by atoms with van der Waals surface area (Å²) in [5.74, 6) is 2.65. The van der Waals surface area contributed by atoms with Gasteiger partial charge in [-0.2, -0.15) is 0 Å². The molecular weight excluding hydrogens is 246 g/mol. The summed E-state index contributed by atoms with van der Waals surface area (Å²) >= 11 is 0. The van der Waals surface area contributed by atoms with Gasteiger partial charge in [-0.05, 0) is 61.8 Å². The van der Waals surface area contributed by atoms with E-state index >= 15 is 0 Å². The van der Waals surface area contributed by atoms with E-state index in [-0.39, 0.29) is 0 Å². The van der Waals surface area contributed by atoms with Crippen molar-refractivity contribution in [3.05, 3.63) is 0 Å². The number of ether oxygens (including phenoxy) is 1. The lowest BCUT2D eigenvalue weighted by Crippen LogP contribution is -2.38. The fourth-order valence-electron chi connectivity index (χ4n) is 3.61. The summed E-state index contributed by atoms with van der Waals surface area (Å²) in [7, 11) is 1.82. The van der Waals surface area contributed by atoms with Crippen molar-refractivity contribution in [2.45, 2.75) is 72.8 Å². The van der Waals surface area contributed by atoms with Crippen molar-refractivity contribution in [3.63, 3.8) is 0 Å². The topological polar surface area (TPSA) is 21.3 Å². The third kappa shape index (κ3) is 6.13. The molecule has 0 spiro atoms. The van der Waals surface area contributed by atoms with Crippen LogP contribution in [-0.4, -0.2) is 26.3 Å². The van der Waals surface area contributed by atoms with Crippen LogP contribution in [0.5, 0.6) is 0 Å². The summed E-state index contributed by atoms with van der Waals surface area (Å²) in [5.41, 5.74) is 0.468. The molecule has 0 bridgehead atoms. The molecule has 1 aliphatic carbocycles. The molecule has 0 heterocycles. The van der Waals surface area contributed by atoms with Crippen molar-refractivity contribution >= 4 is 0 Å². The largest absolute Gasteiger partial charge is 0.385 e. The fourth-order valence-corrected chi connectivity index (χ4v) is 3.61. The molecule has 0 aromatic rings. The highest BCUT2D eigenvalue weighted by molar-refractivity contribution is 4.86. The van der Waals surface area contributed by atoms with Gasteiger partial charge in [0, 0.05) is 19.8 Å². The minimum absolute atomic E-state index is 0.468. The quantitative estimate of drug-likeness (QED) is 0.695. The Kier molecular flexibility index (Phi) is 7.53. The lowest BCUT2D eigenvalue weighted by molar-refractivity contribution is 0.0841.